The molecule has 0 fully saturated rings. The lowest BCUT2D eigenvalue weighted by molar-refractivity contribution is -0.384. The number of ether oxygens (including phenoxy) is 1. The van der Waals surface area contributed by atoms with E-state index >= 15 is 0 Å². The molecule has 12 heteroatoms. The standard InChI is InChI=1S/C33H42N6O6/c1-32(2,3)45-31(42)37-27-11-9-8-10-26(27)35-29(40)23-14-12-22(13-15-23)28(20-33(4,5)21-38(6)7)36-30(41)34-24-16-18-25(19-17-24)39(43)44/h8-19,28H,20-21H2,1-7H3,(H,35,40)(H,37,42)(H2,34,36,41). The summed E-state index contributed by atoms with van der Waals surface area (Å²) in [5.74, 6) is -0.381. The summed E-state index contributed by atoms with van der Waals surface area (Å²) >= 11 is 0. The Morgan fingerprint density at radius 2 is 1.42 bits per heavy atom. The molecule has 3 aromatic carbocycles. The van der Waals surface area contributed by atoms with Gasteiger partial charge in [0.1, 0.15) is 5.60 Å². The van der Waals surface area contributed by atoms with E-state index in [1.807, 2.05) is 14.1 Å². The average molecular weight is 619 g/mol. The van der Waals surface area contributed by atoms with Gasteiger partial charge < -0.3 is 25.6 Å². The predicted molar refractivity (Wildman–Crippen MR) is 176 cm³/mol. The molecule has 4 N–H and O–H groups in total. The van der Waals surface area contributed by atoms with E-state index in [0.717, 1.165) is 12.1 Å². The molecule has 45 heavy (non-hydrogen) atoms. The Kier molecular flexibility index (Phi) is 11.3. The van der Waals surface area contributed by atoms with Crippen molar-refractivity contribution in [1.29, 1.82) is 0 Å². The Morgan fingerprint density at radius 3 is 1.96 bits per heavy atom. The number of carbonyl (C=O) groups is 3. The van der Waals surface area contributed by atoms with Crippen molar-refractivity contribution in [2.24, 2.45) is 5.41 Å². The minimum Gasteiger partial charge on any atom is -0.444 e. The number of nitro groups is 1. The second-order valence-corrected chi connectivity index (χ2v) is 12.8. The van der Waals surface area contributed by atoms with E-state index in [0.29, 0.717) is 29.0 Å². The highest BCUT2D eigenvalue weighted by molar-refractivity contribution is 6.06. The number of hydrogen-bond acceptors (Lipinski definition) is 7. The Morgan fingerprint density at radius 1 is 0.844 bits per heavy atom. The van der Waals surface area contributed by atoms with Crippen molar-refractivity contribution in [2.75, 3.05) is 36.6 Å². The molecular weight excluding hydrogens is 576 g/mol. The average Bonchev–Trinajstić information content (AvgIpc) is 2.92. The van der Waals surface area contributed by atoms with Gasteiger partial charge in [-0.1, -0.05) is 38.1 Å². The molecular formula is C33H42N6O6. The third kappa shape index (κ3) is 11.2. The normalized spacial score (nSPS) is 12.2. The van der Waals surface area contributed by atoms with E-state index in [9.17, 15) is 24.5 Å². The van der Waals surface area contributed by atoms with Crippen molar-refractivity contribution in [3.8, 4) is 0 Å². The topological polar surface area (TPSA) is 155 Å². The van der Waals surface area contributed by atoms with Gasteiger partial charge in [0.25, 0.3) is 11.6 Å². The number of anilines is 3. The number of benzene rings is 3. The number of nitro benzene ring substituents is 1. The third-order valence-electron chi connectivity index (χ3n) is 6.53. The fourth-order valence-electron chi connectivity index (χ4n) is 4.89. The van der Waals surface area contributed by atoms with Crippen LogP contribution in [0, 0.1) is 15.5 Å². The van der Waals surface area contributed by atoms with Crippen molar-refractivity contribution in [2.45, 2.75) is 52.7 Å². The smallest absolute Gasteiger partial charge is 0.412 e. The van der Waals surface area contributed by atoms with Crippen molar-refractivity contribution in [3.63, 3.8) is 0 Å². The number of para-hydroxylation sites is 2. The first-order chi connectivity index (χ1) is 21.0. The number of nitrogens with one attached hydrogen (secondary N) is 4. The van der Waals surface area contributed by atoms with E-state index in [2.05, 4.69) is 40.0 Å². The molecule has 0 radical (unpaired) electrons. The summed E-state index contributed by atoms with van der Waals surface area (Å²) in [5, 5.41) is 22.2. The van der Waals surface area contributed by atoms with Gasteiger partial charge in [-0.05, 0) is 88.7 Å². The maximum atomic E-state index is 13.2. The molecule has 0 aliphatic heterocycles. The lowest BCUT2D eigenvalue weighted by Gasteiger charge is -2.33. The van der Waals surface area contributed by atoms with E-state index in [4.69, 9.17) is 4.74 Å². The summed E-state index contributed by atoms with van der Waals surface area (Å²) in [6, 6.07) is 18.5. The van der Waals surface area contributed by atoms with Crippen LogP contribution in [0.4, 0.5) is 32.3 Å². The summed E-state index contributed by atoms with van der Waals surface area (Å²) in [4.78, 5) is 51.0. The molecule has 12 nitrogen and oxygen atoms in total. The van der Waals surface area contributed by atoms with Crippen molar-refractivity contribution in [3.05, 3.63) is 94.0 Å². The van der Waals surface area contributed by atoms with Crippen LogP contribution in [0.3, 0.4) is 0 Å². The number of carbonyl (C=O) groups excluding carboxylic acids is 3. The molecule has 4 amide bonds. The van der Waals surface area contributed by atoms with Gasteiger partial charge in [-0.15, -0.1) is 0 Å². The van der Waals surface area contributed by atoms with Crippen molar-refractivity contribution >= 4 is 40.8 Å². The van der Waals surface area contributed by atoms with Crippen LogP contribution >= 0.6 is 0 Å². The van der Waals surface area contributed by atoms with Gasteiger partial charge in [-0.3, -0.25) is 20.2 Å². The van der Waals surface area contributed by atoms with Crippen molar-refractivity contribution in [1.82, 2.24) is 10.2 Å². The molecule has 0 saturated heterocycles. The number of non-ortho nitro benzene ring substituents is 1. The maximum absolute atomic E-state index is 13.2. The second-order valence-electron chi connectivity index (χ2n) is 12.8. The first kappa shape index (κ1) is 34.5. The number of rotatable bonds is 11. The molecule has 3 rings (SSSR count). The lowest BCUT2D eigenvalue weighted by atomic mass is 9.83. The van der Waals surface area contributed by atoms with E-state index in [1.165, 1.54) is 24.3 Å². The van der Waals surface area contributed by atoms with E-state index in [-0.39, 0.29) is 17.0 Å². The van der Waals surface area contributed by atoms with Crippen molar-refractivity contribution < 1.29 is 24.0 Å². The SMILES string of the molecule is CN(C)CC(C)(C)CC(NC(=O)Nc1ccc([N+](=O)[O-])cc1)c1ccc(C(=O)Nc2ccccc2NC(=O)OC(C)(C)C)cc1. The van der Waals surface area contributed by atoms with Gasteiger partial charge in [-0.2, -0.15) is 0 Å². The Balaban J connectivity index is 1.77. The lowest BCUT2D eigenvalue weighted by Crippen LogP contribution is -2.37. The molecule has 240 valence electrons. The fourth-order valence-corrected chi connectivity index (χ4v) is 4.89. The van der Waals surface area contributed by atoms with Gasteiger partial charge in [0.2, 0.25) is 0 Å². The maximum Gasteiger partial charge on any atom is 0.412 e. The van der Waals surface area contributed by atoms with E-state index < -0.39 is 28.7 Å². The van der Waals surface area contributed by atoms with Crippen LogP contribution in [0.2, 0.25) is 0 Å². The summed E-state index contributed by atoms with van der Waals surface area (Å²) in [6.07, 6.45) is -0.0457. The molecule has 0 aliphatic carbocycles. The molecule has 3 aromatic rings. The largest absolute Gasteiger partial charge is 0.444 e. The Hall–Kier alpha value is -4.97. The first-order valence-corrected chi connectivity index (χ1v) is 14.5. The van der Waals surface area contributed by atoms with Gasteiger partial charge in [-0.25, -0.2) is 9.59 Å². The van der Waals surface area contributed by atoms with Crippen LogP contribution in [0.5, 0.6) is 0 Å². The zero-order valence-corrected chi connectivity index (χ0v) is 26.8. The molecule has 0 saturated carbocycles. The highest BCUT2D eigenvalue weighted by Crippen LogP contribution is 2.31. The number of hydrogen-bond donors (Lipinski definition) is 4. The zero-order valence-electron chi connectivity index (χ0n) is 26.8. The second kappa shape index (κ2) is 14.7. The highest BCUT2D eigenvalue weighted by atomic mass is 16.6. The Labute approximate surface area is 263 Å². The van der Waals surface area contributed by atoms with Crippen LogP contribution in [-0.2, 0) is 4.74 Å². The zero-order chi connectivity index (χ0) is 33.4. The van der Waals surface area contributed by atoms with Crippen LogP contribution in [0.1, 0.15) is 63.0 Å². The van der Waals surface area contributed by atoms with Crippen LogP contribution in [0.15, 0.2) is 72.8 Å². The van der Waals surface area contributed by atoms with E-state index in [1.54, 1.807) is 69.3 Å². The molecule has 0 bridgehead atoms. The van der Waals surface area contributed by atoms with Crippen LogP contribution < -0.4 is 21.3 Å². The summed E-state index contributed by atoms with van der Waals surface area (Å²) in [6.45, 7) is 10.3. The fraction of sp³-hybridized carbons (Fsp3) is 0.364. The number of urea groups is 1. The third-order valence-corrected chi connectivity index (χ3v) is 6.53. The van der Waals surface area contributed by atoms with Crippen LogP contribution in [0.25, 0.3) is 0 Å². The summed E-state index contributed by atoms with van der Waals surface area (Å²) in [7, 11) is 3.97. The number of nitrogens with zero attached hydrogens (tertiary/aromatic N) is 2. The molecule has 0 heterocycles. The summed E-state index contributed by atoms with van der Waals surface area (Å²) < 4.78 is 5.33. The number of amides is 4. The van der Waals surface area contributed by atoms with Crippen LogP contribution in [-0.4, -0.2) is 54.1 Å². The minimum absolute atomic E-state index is 0.0730. The minimum atomic E-state index is -0.677. The van der Waals surface area contributed by atoms with Gasteiger partial charge >= 0.3 is 12.1 Å². The first-order valence-electron chi connectivity index (χ1n) is 14.5. The Bertz CT molecular complexity index is 1500. The monoisotopic (exact) mass is 618 g/mol. The molecule has 1 atom stereocenters. The molecule has 1 unspecified atom stereocenters. The molecule has 0 spiro atoms. The molecule has 0 aliphatic rings. The van der Waals surface area contributed by atoms with Gasteiger partial charge in [0.15, 0.2) is 0 Å². The van der Waals surface area contributed by atoms with Gasteiger partial charge in [0, 0.05) is 29.9 Å². The highest BCUT2D eigenvalue weighted by Gasteiger charge is 2.27. The quantitative estimate of drug-likeness (QED) is 0.133. The predicted octanol–water partition coefficient (Wildman–Crippen LogP) is 7.03. The van der Waals surface area contributed by atoms with Gasteiger partial charge in [0.05, 0.1) is 22.3 Å². The summed E-state index contributed by atoms with van der Waals surface area (Å²) in [5.41, 5.74) is 1.46. The molecule has 0 aromatic heterocycles.